The minimum absolute atomic E-state index is 0.0113. The Morgan fingerprint density at radius 3 is 2.71 bits per heavy atom. The molecular weight excluding hydrogens is 180 g/mol. The first-order valence-corrected chi connectivity index (χ1v) is 5.04. The number of carbonyl (C=O) groups is 1. The minimum atomic E-state index is -0.124. The highest BCUT2D eigenvalue weighted by Crippen LogP contribution is 2.30. The van der Waals surface area contributed by atoms with E-state index in [1.807, 2.05) is 0 Å². The maximum Gasteiger partial charge on any atom is 0.263 e. The summed E-state index contributed by atoms with van der Waals surface area (Å²) in [6, 6.07) is -0.124. The molecule has 1 unspecified atom stereocenters. The van der Waals surface area contributed by atoms with Crippen LogP contribution in [0.25, 0.3) is 0 Å². The van der Waals surface area contributed by atoms with E-state index in [-0.39, 0.29) is 17.4 Å². The van der Waals surface area contributed by atoms with Crippen molar-refractivity contribution in [2.24, 2.45) is 5.41 Å². The Bertz CT molecular complexity index is 216. The molecule has 1 atom stereocenters. The molecule has 1 amide bonds. The van der Waals surface area contributed by atoms with E-state index in [0.29, 0.717) is 0 Å². The molecule has 4 heteroatoms. The fourth-order valence-corrected chi connectivity index (χ4v) is 1.90. The predicted octanol–water partition coefficient (Wildman–Crippen LogP) is 0.784. The molecule has 1 fully saturated rings. The Balaban J connectivity index is 2.69. The van der Waals surface area contributed by atoms with Gasteiger partial charge in [-0.05, 0) is 24.8 Å². The lowest BCUT2D eigenvalue weighted by molar-refractivity contribution is -0.175. The van der Waals surface area contributed by atoms with Gasteiger partial charge in [0.2, 0.25) is 0 Å². The van der Waals surface area contributed by atoms with Crippen LogP contribution in [0.3, 0.4) is 0 Å². The topological polar surface area (TPSA) is 41.6 Å². The summed E-state index contributed by atoms with van der Waals surface area (Å²) >= 11 is 0. The molecule has 0 aliphatic carbocycles. The number of amides is 1. The zero-order valence-corrected chi connectivity index (χ0v) is 9.46. The maximum atomic E-state index is 11.9. The predicted molar refractivity (Wildman–Crippen MR) is 54.6 cm³/mol. The molecule has 0 aromatic heterocycles. The zero-order chi connectivity index (χ0) is 10.8. The van der Waals surface area contributed by atoms with Crippen LogP contribution < -0.4 is 5.32 Å². The fourth-order valence-electron chi connectivity index (χ4n) is 1.90. The number of piperidine rings is 1. The number of hydrogen-bond acceptors (Lipinski definition) is 3. The molecule has 1 aliphatic rings. The smallest absolute Gasteiger partial charge is 0.263 e. The van der Waals surface area contributed by atoms with E-state index in [2.05, 4.69) is 19.2 Å². The van der Waals surface area contributed by atoms with Gasteiger partial charge in [0.05, 0.1) is 13.2 Å². The molecule has 0 spiro atoms. The number of carbonyl (C=O) groups excluding carboxylic acids is 1. The van der Waals surface area contributed by atoms with Crippen molar-refractivity contribution in [2.45, 2.75) is 32.7 Å². The van der Waals surface area contributed by atoms with Gasteiger partial charge in [0.1, 0.15) is 0 Å². The van der Waals surface area contributed by atoms with Gasteiger partial charge in [-0.2, -0.15) is 0 Å². The molecule has 1 N–H and O–H groups in total. The van der Waals surface area contributed by atoms with Crippen LogP contribution in [0.4, 0.5) is 0 Å². The van der Waals surface area contributed by atoms with Crippen LogP contribution in [-0.2, 0) is 9.63 Å². The first-order chi connectivity index (χ1) is 6.49. The van der Waals surface area contributed by atoms with Gasteiger partial charge in [0.15, 0.2) is 0 Å². The Labute approximate surface area is 85.6 Å². The number of hydroxylamine groups is 2. The third kappa shape index (κ3) is 2.25. The first kappa shape index (κ1) is 11.5. The van der Waals surface area contributed by atoms with Crippen LogP contribution in [0.15, 0.2) is 0 Å². The first-order valence-electron chi connectivity index (χ1n) is 5.04. The van der Waals surface area contributed by atoms with E-state index in [0.717, 1.165) is 19.4 Å². The van der Waals surface area contributed by atoms with Gasteiger partial charge in [-0.3, -0.25) is 9.63 Å². The Morgan fingerprint density at radius 2 is 2.21 bits per heavy atom. The molecular formula is C10H20N2O2. The average Bonchev–Trinajstić information content (AvgIpc) is 2.15. The lowest BCUT2D eigenvalue weighted by Gasteiger charge is -2.39. The summed E-state index contributed by atoms with van der Waals surface area (Å²) < 4.78 is 0. The van der Waals surface area contributed by atoms with E-state index < -0.39 is 0 Å². The summed E-state index contributed by atoms with van der Waals surface area (Å²) in [5.41, 5.74) is 0.0160. The molecule has 4 nitrogen and oxygen atoms in total. The fraction of sp³-hybridized carbons (Fsp3) is 0.900. The number of rotatable bonds is 2. The van der Waals surface area contributed by atoms with Crippen molar-refractivity contribution in [3.63, 3.8) is 0 Å². The second-order valence-electron chi connectivity index (χ2n) is 4.50. The van der Waals surface area contributed by atoms with Gasteiger partial charge >= 0.3 is 0 Å². The van der Waals surface area contributed by atoms with Gasteiger partial charge in [0.25, 0.3) is 5.91 Å². The Hall–Kier alpha value is -0.610. The quantitative estimate of drug-likeness (QED) is 0.670. The lowest BCUT2D eigenvalue weighted by Crippen LogP contribution is -2.55. The van der Waals surface area contributed by atoms with Crippen LogP contribution in [-0.4, -0.2) is 37.7 Å². The summed E-state index contributed by atoms with van der Waals surface area (Å²) in [6.45, 7) is 5.15. The van der Waals surface area contributed by atoms with Crippen LogP contribution in [0.5, 0.6) is 0 Å². The SMILES string of the molecule is CON(C)C(=O)C1NCCCC1(C)C. The number of nitrogens with one attached hydrogen (secondary N) is 1. The summed E-state index contributed by atoms with van der Waals surface area (Å²) in [6.07, 6.45) is 2.21. The molecule has 14 heavy (non-hydrogen) atoms. The lowest BCUT2D eigenvalue weighted by atomic mass is 9.77. The number of hydrogen-bond donors (Lipinski definition) is 1. The van der Waals surface area contributed by atoms with E-state index in [1.54, 1.807) is 7.05 Å². The monoisotopic (exact) mass is 200 g/mol. The normalized spacial score (nSPS) is 25.9. The highest BCUT2D eigenvalue weighted by Gasteiger charge is 2.38. The molecule has 1 aliphatic heterocycles. The van der Waals surface area contributed by atoms with Gasteiger partial charge in [-0.1, -0.05) is 13.8 Å². The van der Waals surface area contributed by atoms with E-state index >= 15 is 0 Å². The third-order valence-electron chi connectivity index (χ3n) is 2.96. The van der Waals surface area contributed by atoms with Gasteiger partial charge in [-0.25, -0.2) is 5.06 Å². The second-order valence-corrected chi connectivity index (χ2v) is 4.50. The molecule has 0 bridgehead atoms. The van der Waals surface area contributed by atoms with Crippen molar-refractivity contribution >= 4 is 5.91 Å². The Morgan fingerprint density at radius 1 is 1.57 bits per heavy atom. The van der Waals surface area contributed by atoms with E-state index in [9.17, 15) is 4.79 Å². The second kappa shape index (κ2) is 4.28. The van der Waals surface area contributed by atoms with E-state index in [1.165, 1.54) is 12.2 Å². The van der Waals surface area contributed by atoms with Crippen LogP contribution >= 0.6 is 0 Å². The van der Waals surface area contributed by atoms with Crippen molar-refractivity contribution in [1.82, 2.24) is 10.4 Å². The standard InChI is InChI=1S/C10H20N2O2/c1-10(2)6-5-7-11-8(10)9(13)12(3)14-4/h8,11H,5-7H2,1-4H3. The van der Waals surface area contributed by atoms with Crippen LogP contribution in [0, 0.1) is 5.41 Å². The van der Waals surface area contributed by atoms with Crippen LogP contribution in [0.2, 0.25) is 0 Å². The number of nitrogens with zero attached hydrogens (tertiary/aromatic N) is 1. The molecule has 0 aromatic carbocycles. The maximum absolute atomic E-state index is 11.9. The van der Waals surface area contributed by atoms with Gasteiger partial charge in [-0.15, -0.1) is 0 Å². The highest BCUT2D eigenvalue weighted by atomic mass is 16.7. The largest absolute Gasteiger partial charge is 0.305 e. The third-order valence-corrected chi connectivity index (χ3v) is 2.96. The van der Waals surface area contributed by atoms with Crippen molar-refractivity contribution in [3.05, 3.63) is 0 Å². The van der Waals surface area contributed by atoms with Crippen molar-refractivity contribution in [1.29, 1.82) is 0 Å². The van der Waals surface area contributed by atoms with Crippen molar-refractivity contribution in [2.75, 3.05) is 20.7 Å². The highest BCUT2D eigenvalue weighted by molar-refractivity contribution is 5.81. The van der Waals surface area contributed by atoms with Gasteiger partial charge < -0.3 is 5.32 Å². The zero-order valence-electron chi connectivity index (χ0n) is 9.46. The van der Waals surface area contributed by atoms with Crippen LogP contribution in [0.1, 0.15) is 26.7 Å². The summed E-state index contributed by atoms with van der Waals surface area (Å²) in [5, 5.41) is 4.55. The molecule has 1 saturated heterocycles. The molecule has 1 rings (SSSR count). The Kier molecular flexibility index (Phi) is 3.50. The molecule has 0 aromatic rings. The number of likely N-dealkylation sites (N-methyl/N-ethyl adjacent to an activating group) is 1. The molecule has 0 saturated carbocycles. The van der Waals surface area contributed by atoms with E-state index in [4.69, 9.17) is 4.84 Å². The summed E-state index contributed by atoms with van der Waals surface area (Å²) in [4.78, 5) is 16.8. The summed E-state index contributed by atoms with van der Waals surface area (Å²) in [7, 11) is 3.16. The van der Waals surface area contributed by atoms with Crippen molar-refractivity contribution < 1.29 is 9.63 Å². The minimum Gasteiger partial charge on any atom is -0.305 e. The summed E-state index contributed by atoms with van der Waals surface area (Å²) in [5.74, 6) is 0.0113. The molecule has 1 heterocycles. The molecule has 0 radical (unpaired) electrons. The van der Waals surface area contributed by atoms with Crippen molar-refractivity contribution in [3.8, 4) is 0 Å². The van der Waals surface area contributed by atoms with Gasteiger partial charge in [0, 0.05) is 7.05 Å². The molecule has 82 valence electrons. The average molecular weight is 200 g/mol.